The molecule has 21 heavy (non-hydrogen) atoms. The highest BCUT2D eigenvalue weighted by atomic mass is 79.9. The summed E-state index contributed by atoms with van der Waals surface area (Å²) in [5.41, 5.74) is 5.70. The molecular weight excluding hydrogens is 374 g/mol. The first kappa shape index (κ1) is 15.7. The van der Waals surface area contributed by atoms with E-state index < -0.39 is 5.97 Å². The van der Waals surface area contributed by atoms with Crippen LogP contribution in [0, 0.1) is 0 Å². The predicted octanol–water partition coefficient (Wildman–Crippen LogP) is 3.35. The number of anilines is 1. The van der Waals surface area contributed by atoms with Gasteiger partial charge in [0.15, 0.2) is 5.11 Å². The number of rotatable bonds is 4. The summed E-state index contributed by atoms with van der Waals surface area (Å²) >= 11 is 9.54. The molecule has 5 nitrogen and oxygen atoms in total. The highest BCUT2D eigenvalue weighted by Gasteiger charge is 2.10. The summed E-state index contributed by atoms with van der Waals surface area (Å²) in [6.07, 6.45) is 1.62. The molecule has 0 saturated heterocycles. The highest BCUT2D eigenvalue weighted by molar-refractivity contribution is 9.10. The van der Waals surface area contributed by atoms with Gasteiger partial charge in [-0.05, 0) is 52.4 Å². The SMILES string of the molecule is NC(=S)Nc1ncc(Br)cc1Sc1cccc(C(=O)O)c1. The van der Waals surface area contributed by atoms with Crippen LogP contribution in [0.25, 0.3) is 0 Å². The minimum absolute atomic E-state index is 0.117. The van der Waals surface area contributed by atoms with Crippen LogP contribution in [0.15, 0.2) is 50.8 Å². The largest absolute Gasteiger partial charge is 0.478 e. The Labute approximate surface area is 139 Å². The third kappa shape index (κ3) is 4.42. The zero-order valence-corrected chi connectivity index (χ0v) is 13.8. The summed E-state index contributed by atoms with van der Waals surface area (Å²) in [4.78, 5) is 16.8. The molecule has 108 valence electrons. The van der Waals surface area contributed by atoms with Gasteiger partial charge >= 0.3 is 5.97 Å². The number of aromatic nitrogens is 1. The van der Waals surface area contributed by atoms with Crippen molar-refractivity contribution in [3.05, 3.63) is 46.6 Å². The lowest BCUT2D eigenvalue weighted by atomic mass is 10.2. The van der Waals surface area contributed by atoms with E-state index >= 15 is 0 Å². The maximum Gasteiger partial charge on any atom is 0.335 e. The number of carboxylic acids is 1. The van der Waals surface area contributed by atoms with Crippen LogP contribution < -0.4 is 11.1 Å². The van der Waals surface area contributed by atoms with Crippen LogP contribution in [0.3, 0.4) is 0 Å². The molecule has 1 heterocycles. The molecule has 8 heteroatoms. The molecule has 2 aromatic rings. The lowest BCUT2D eigenvalue weighted by Gasteiger charge is -2.10. The number of carbonyl (C=O) groups is 1. The molecule has 1 aromatic heterocycles. The molecule has 0 bridgehead atoms. The number of nitrogens with zero attached hydrogens (tertiary/aromatic N) is 1. The molecule has 2 rings (SSSR count). The van der Waals surface area contributed by atoms with Crippen molar-refractivity contribution in [1.29, 1.82) is 0 Å². The molecule has 0 atom stereocenters. The van der Waals surface area contributed by atoms with Crippen LogP contribution in [-0.2, 0) is 0 Å². The van der Waals surface area contributed by atoms with Gasteiger partial charge < -0.3 is 16.2 Å². The van der Waals surface area contributed by atoms with Gasteiger partial charge in [-0.2, -0.15) is 0 Å². The van der Waals surface area contributed by atoms with Crippen LogP contribution in [0.4, 0.5) is 5.82 Å². The van der Waals surface area contributed by atoms with Crippen molar-refractivity contribution >= 4 is 56.8 Å². The monoisotopic (exact) mass is 383 g/mol. The van der Waals surface area contributed by atoms with Crippen molar-refractivity contribution in [2.75, 3.05) is 5.32 Å². The molecule has 0 spiro atoms. The van der Waals surface area contributed by atoms with E-state index in [-0.39, 0.29) is 10.7 Å². The summed E-state index contributed by atoms with van der Waals surface area (Å²) in [7, 11) is 0. The van der Waals surface area contributed by atoms with E-state index in [1.807, 2.05) is 12.1 Å². The average Bonchev–Trinajstić information content (AvgIpc) is 2.42. The molecule has 0 unspecified atom stereocenters. The van der Waals surface area contributed by atoms with Gasteiger partial charge in [-0.15, -0.1) is 0 Å². The second-order valence-electron chi connectivity index (χ2n) is 3.92. The minimum atomic E-state index is -0.966. The number of carboxylic acid groups (broad SMARTS) is 1. The minimum Gasteiger partial charge on any atom is -0.478 e. The number of hydrogen-bond donors (Lipinski definition) is 3. The lowest BCUT2D eigenvalue weighted by molar-refractivity contribution is 0.0696. The van der Waals surface area contributed by atoms with E-state index in [1.54, 1.807) is 24.4 Å². The maximum atomic E-state index is 11.0. The van der Waals surface area contributed by atoms with Gasteiger partial charge in [-0.3, -0.25) is 0 Å². The number of halogens is 1. The van der Waals surface area contributed by atoms with Crippen molar-refractivity contribution in [2.24, 2.45) is 5.73 Å². The summed E-state index contributed by atoms with van der Waals surface area (Å²) < 4.78 is 0.799. The number of nitrogens with two attached hydrogens (primary N) is 1. The Balaban J connectivity index is 2.34. The second kappa shape index (κ2) is 6.88. The van der Waals surface area contributed by atoms with E-state index in [0.29, 0.717) is 5.82 Å². The number of thiocarbonyl (C=S) groups is 1. The quantitative estimate of drug-likeness (QED) is 0.697. The van der Waals surface area contributed by atoms with Gasteiger partial charge in [0.2, 0.25) is 0 Å². The first-order chi connectivity index (χ1) is 9.95. The Morgan fingerprint density at radius 2 is 2.19 bits per heavy atom. The topological polar surface area (TPSA) is 88.2 Å². The molecule has 0 saturated carbocycles. The van der Waals surface area contributed by atoms with Crippen LogP contribution in [0.2, 0.25) is 0 Å². The van der Waals surface area contributed by atoms with Gasteiger partial charge in [0.1, 0.15) is 5.82 Å². The molecule has 0 aliphatic heterocycles. The van der Waals surface area contributed by atoms with Crippen LogP contribution in [0.5, 0.6) is 0 Å². The standard InChI is InChI=1S/C13H10BrN3O2S2/c14-8-5-10(11(16-6-8)17-13(15)20)21-9-3-1-2-7(4-9)12(18)19/h1-6H,(H,18,19)(H3,15,16,17,20). The first-order valence-electron chi connectivity index (χ1n) is 5.69. The second-order valence-corrected chi connectivity index (χ2v) is 6.40. The van der Waals surface area contributed by atoms with Crippen molar-refractivity contribution < 1.29 is 9.90 Å². The predicted molar refractivity (Wildman–Crippen MR) is 89.9 cm³/mol. The summed E-state index contributed by atoms with van der Waals surface area (Å²) in [5, 5.41) is 11.9. The third-order valence-corrected chi connectivity index (χ3v) is 3.93. The van der Waals surface area contributed by atoms with Gasteiger partial charge in [0.25, 0.3) is 0 Å². The van der Waals surface area contributed by atoms with E-state index in [1.165, 1.54) is 11.8 Å². The number of nitrogens with one attached hydrogen (secondary N) is 1. The van der Waals surface area contributed by atoms with Gasteiger partial charge in [0, 0.05) is 15.6 Å². The van der Waals surface area contributed by atoms with Gasteiger partial charge in [-0.25, -0.2) is 9.78 Å². The Hall–Kier alpha value is -1.64. The first-order valence-corrected chi connectivity index (χ1v) is 7.70. The van der Waals surface area contributed by atoms with E-state index in [9.17, 15) is 4.79 Å². The smallest absolute Gasteiger partial charge is 0.335 e. The lowest BCUT2D eigenvalue weighted by Crippen LogP contribution is -2.20. The highest BCUT2D eigenvalue weighted by Crippen LogP contribution is 2.34. The summed E-state index contributed by atoms with van der Waals surface area (Å²) in [6.45, 7) is 0. The summed E-state index contributed by atoms with van der Waals surface area (Å²) in [5.74, 6) is -0.442. The van der Waals surface area contributed by atoms with Crippen molar-refractivity contribution in [2.45, 2.75) is 9.79 Å². The molecule has 0 fully saturated rings. The molecule has 1 aromatic carbocycles. The van der Waals surface area contributed by atoms with Gasteiger partial charge in [0.05, 0.1) is 10.5 Å². The number of pyridine rings is 1. The normalized spacial score (nSPS) is 10.1. The summed E-state index contributed by atoms with van der Waals surface area (Å²) in [6, 6.07) is 8.50. The average molecular weight is 384 g/mol. The Morgan fingerprint density at radius 1 is 1.43 bits per heavy atom. The van der Waals surface area contributed by atoms with Crippen LogP contribution in [0.1, 0.15) is 10.4 Å². The number of aromatic carboxylic acids is 1. The zero-order chi connectivity index (χ0) is 15.4. The van der Waals surface area contributed by atoms with Crippen LogP contribution >= 0.6 is 39.9 Å². The molecular formula is C13H10BrN3O2S2. The van der Waals surface area contributed by atoms with Crippen molar-refractivity contribution in [3.63, 3.8) is 0 Å². The fourth-order valence-corrected chi connectivity index (χ4v) is 3.08. The van der Waals surface area contributed by atoms with E-state index in [0.717, 1.165) is 14.3 Å². The third-order valence-electron chi connectivity index (χ3n) is 2.37. The zero-order valence-electron chi connectivity index (χ0n) is 10.5. The number of benzene rings is 1. The fraction of sp³-hybridized carbons (Fsp3) is 0. The van der Waals surface area contributed by atoms with Crippen molar-refractivity contribution in [3.8, 4) is 0 Å². The maximum absolute atomic E-state index is 11.0. The van der Waals surface area contributed by atoms with E-state index in [4.69, 9.17) is 23.1 Å². The Bertz CT molecular complexity index is 710. The van der Waals surface area contributed by atoms with Crippen LogP contribution in [-0.4, -0.2) is 21.2 Å². The van der Waals surface area contributed by atoms with Crippen molar-refractivity contribution in [1.82, 2.24) is 4.98 Å². The molecule has 4 N–H and O–H groups in total. The van der Waals surface area contributed by atoms with E-state index in [2.05, 4.69) is 26.2 Å². The number of hydrogen-bond acceptors (Lipinski definition) is 4. The molecule has 0 aliphatic rings. The molecule has 0 aliphatic carbocycles. The fourth-order valence-electron chi connectivity index (χ4n) is 1.53. The van der Waals surface area contributed by atoms with Gasteiger partial charge in [-0.1, -0.05) is 17.8 Å². The Kier molecular flexibility index (Phi) is 5.16. The molecule has 0 radical (unpaired) electrons. The molecule has 0 amide bonds. The Morgan fingerprint density at radius 3 is 2.86 bits per heavy atom.